The number of amides is 1. The van der Waals surface area contributed by atoms with Crippen LogP contribution < -0.4 is 16.0 Å². The third-order valence-corrected chi connectivity index (χ3v) is 4.05. The minimum Gasteiger partial charge on any atom is -0.377 e. The molecular formula is C15H22BrN3O2. The van der Waals surface area contributed by atoms with Crippen molar-refractivity contribution in [1.82, 2.24) is 5.32 Å². The van der Waals surface area contributed by atoms with E-state index < -0.39 is 0 Å². The molecule has 1 aromatic carbocycles. The van der Waals surface area contributed by atoms with Crippen molar-refractivity contribution in [2.24, 2.45) is 5.73 Å². The summed E-state index contributed by atoms with van der Waals surface area (Å²) in [4.78, 5) is 14.4. The van der Waals surface area contributed by atoms with Crippen molar-refractivity contribution in [3.8, 4) is 0 Å². The number of anilines is 1. The molecule has 2 rings (SSSR count). The smallest absolute Gasteiger partial charge is 0.245 e. The Morgan fingerprint density at radius 1 is 1.57 bits per heavy atom. The highest BCUT2D eigenvalue weighted by atomic mass is 79.9. The number of halogens is 1. The topological polar surface area (TPSA) is 67.6 Å². The zero-order valence-corrected chi connectivity index (χ0v) is 13.9. The van der Waals surface area contributed by atoms with Gasteiger partial charge in [-0.3, -0.25) is 4.79 Å². The first-order valence-corrected chi connectivity index (χ1v) is 8.07. The summed E-state index contributed by atoms with van der Waals surface area (Å²) in [6.07, 6.45) is 0.921. The fourth-order valence-electron chi connectivity index (χ4n) is 2.45. The molecular weight excluding hydrogens is 334 g/mol. The third kappa shape index (κ3) is 3.96. The van der Waals surface area contributed by atoms with Crippen LogP contribution in [0.4, 0.5) is 5.69 Å². The quantitative estimate of drug-likeness (QED) is 0.842. The van der Waals surface area contributed by atoms with Crippen molar-refractivity contribution in [2.75, 3.05) is 31.2 Å². The van der Waals surface area contributed by atoms with Gasteiger partial charge in [0.25, 0.3) is 0 Å². The van der Waals surface area contributed by atoms with Gasteiger partial charge < -0.3 is 20.7 Å². The number of ether oxygens (including phenoxy) is 1. The summed E-state index contributed by atoms with van der Waals surface area (Å²) in [7, 11) is 0. The molecule has 0 bridgehead atoms. The zero-order valence-electron chi connectivity index (χ0n) is 12.3. The maximum Gasteiger partial charge on any atom is 0.245 e. The SMILES string of the molecule is CCCNC(=O)C1COCCN1c1cc(Br)ccc1CN. The summed E-state index contributed by atoms with van der Waals surface area (Å²) in [5.41, 5.74) is 7.88. The molecule has 1 unspecified atom stereocenters. The summed E-state index contributed by atoms with van der Waals surface area (Å²) >= 11 is 3.49. The molecule has 1 fully saturated rings. The molecule has 0 radical (unpaired) electrons. The van der Waals surface area contributed by atoms with E-state index in [-0.39, 0.29) is 11.9 Å². The lowest BCUT2D eigenvalue weighted by molar-refractivity contribution is -0.124. The standard InChI is InChI=1S/C15H22BrN3O2/c1-2-5-18-15(20)14-10-21-7-6-19(14)13-8-12(16)4-3-11(13)9-17/h3-4,8,14H,2,5-7,9-10,17H2,1H3,(H,18,20). The number of carbonyl (C=O) groups excluding carboxylic acids is 1. The number of morpholine rings is 1. The zero-order chi connectivity index (χ0) is 15.2. The fourth-order valence-corrected chi connectivity index (χ4v) is 2.80. The van der Waals surface area contributed by atoms with Gasteiger partial charge >= 0.3 is 0 Å². The van der Waals surface area contributed by atoms with Gasteiger partial charge in [-0.2, -0.15) is 0 Å². The van der Waals surface area contributed by atoms with Crippen molar-refractivity contribution in [3.63, 3.8) is 0 Å². The van der Waals surface area contributed by atoms with Crippen LogP contribution in [0.25, 0.3) is 0 Å². The molecule has 1 aromatic rings. The molecule has 1 heterocycles. The molecule has 5 nitrogen and oxygen atoms in total. The predicted molar refractivity (Wildman–Crippen MR) is 87.3 cm³/mol. The Morgan fingerprint density at radius 3 is 3.10 bits per heavy atom. The normalized spacial score (nSPS) is 18.6. The number of rotatable bonds is 5. The number of nitrogens with one attached hydrogen (secondary N) is 1. The Balaban J connectivity index is 2.26. The molecule has 1 amide bonds. The van der Waals surface area contributed by atoms with E-state index in [9.17, 15) is 4.79 Å². The van der Waals surface area contributed by atoms with Crippen LogP contribution in [-0.2, 0) is 16.1 Å². The average molecular weight is 356 g/mol. The summed E-state index contributed by atoms with van der Waals surface area (Å²) in [6.45, 7) is 4.89. The van der Waals surface area contributed by atoms with Crippen LogP contribution in [-0.4, -0.2) is 38.3 Å². The lowest BCUT2D eigenvalue weighted by Gasteiger charge is -2.37. The van der Waals surface area contributed by atoms with Crippen molar-refractivity contribution in [1.29, 1.82) is 0 Å². The molecule has 0 aliphatic carbocycles. The first-order valence-electron chi connectivity index (χ1n) is 7.28. The van der Waals surface area contributed by atoms with Gasteiger partial charge in [0.05, 0.1) is 13.2 Å². The molecule has 0 spiro atoms. The van der Waals surface area contributed by atoms with Gasteiger partial charge in [0.1, 0.15) is 6.04 Å². The first-order chi connectivity index (χ1) is 10.2. The Labute approximate surface area is 134 Å². The van der Waals surface area contributed by atoms with Gasteiger partial charge in [-0.15, -0.1) is 0 Å². The summed E-state index contributed by atoms with van der Waals surface area (Å²) in [5.74, 6) is 0.0134. The van der Waals surface area contributed by atoms with E-state index in [2.05, 4.69) is 26.1 Å². The van der Waals surface area contributed by atoms with Crippen LogP contribution in [0.3, 0.4) is 0 Å². The number of hydrogen-bond donors (Lipinski definition) is 2. The molecule has 6 heteroatoms. The Hall–Kier alpha value is -1.11. The van der Waals surface area contributed by atoms with Crippen molar-refractivity contribution >= 4 is 27.5 Å². The van der Waals surface area contributed by atoms with Crippen LogP contribution in [0.2, 0.25) is 0 Å². The Kier molecular flexibility index (Phi) is 6.02. The van der Waals surface area contributed by atoms with Gasteiger partial charge in [-0.1, -0.05) is 28.9 Å². The van der Waals surface area contributed by atoms with Gasteiger partial charge in [0.2, 0.25) is 5.91 Å². The van der Waals surface area contributed by atoms with Crippen LogP contribution in [0, 0.1) is 0 Å². The molecule has 1 aliphatic heterocycles. The van der Waals surface area contributed by atoms with Crippen molar-refractivity contribution in [3.05, 3.63) is 28.2 Å². The second kappa shape index (κ2) is 7.77. The van der Waals surface area contributed by atoms with E-state index in [4.69, 9.17) is 10.5 Å². The summed E-state index contributed by atoms with van der Waals surface area (Å²) < 4.78 is 6.47. The van der Waals surface area contributed by atoms with E-state index in [1.54, 1.807) is 0 Å². The molecule has 1 aliphatic rings. The van der Waals surface area contributed by atoms with E-state index >= 15 is 0 Å². The monoisotopic (exact) mass is 355 g/mol. The van der Waals surface area contributed by atoms with E-state index in [1.807, 2.05) is 25.1 Å². The van der Waals surface area contributed by atoms with Gasteiger partial charge in [-0.25, -0.2) is 0 Å². The van der Waals surface area contributed by atoms with Gasteiger partial charge in [-0.05, 0) is 24.1 Å². The minimum atomic E-state index is -0.301. The Bertz CT molecular complexity index is 496. The molecule has 0 aromatic heterocycles. The van der Waals surface area contributed by atoms with Gasteiger partial charge in [0, 0.05) is 29.8 Å². The average Bonchev–Trinajstić information content (AvgIpc) is 2.52. The number of nitrogens with two attached hydrogens (primary N) is 1. The summed E-state index contributed by atoms with van der Waals surface area (Å²) in [5, 5.41) is 2.95. The van der Waals surface area contributed by atoms with Crippen LogP contribution in [0.1, 0.15) is 18.9 Å². The molecule has 3 N–H and O–H groups in total. The van der Waals surface area contributed by atoms with E-state index in [0.29, 0.717) is 32.8 Å². The first kappa shape index (κ1) is 16.3. The number of nitrogens with zero attached hydrogens (tertiary/aromatic N) is 1. The van der Waals surface area contributed by atoms with Crippen molar-refractivity contribution < 1.29 is 9.53 Å². The molecule has 21 heavy (non-hydrogen) atoms. The molecule has 116 valence electrons. The molecule has 0 saturated carbocycles. The maximum absolute atomic E-state index is 12.3. The number of hydrogen-bond acceptors (Lipinski definition) is 4. The van der Waals surface area contributed by atoms with Crippen LogP contribution in [0.5, 0.6) is 0 Å². The number of carbonyl (C=O) groups is 1. The maximum atomic E-state index is 12.3. The second-order valence-electron chi connectivity index (χ2n) is 5.05. The van der Waals surface area contributed by atoms with Crippen LogP contribution >= 0.6 is 15.9 Å². The van der Waals surface area contributed by atoms with E-state index in [0.717, 1.165) is 22.1 Å². The third-order valence-electron chi connectivity index (χ3n) is 3.56. The lowest BCUT2D eigenvalue weighted by Crippen LogP contribution is -2.54. The highest BCUT2D eigenvalue weighted by Gasteiger charge is 2.30. The predicted octanol–water partition coefficient (Wildman–Crippen LogP) is 1.64. The minimum absolute atomic E-state index is 0.0134. The highest BCUT2D eigenvalue weighted by molar-refractivity contribution is 9.10. The summed E-state index contributed by atoms with van der Waals surface area (Å²) in [6, 6.07) is 5.69. The Morgan fingerprint density at radius 2 is 2.38 bits per heavy atom. The van der Waals surface area contributed by atoms with Gasteiger partial charge in [0.15, 0.2) is 0 Å². The van der Waals surface area contributed by atoms with Crippen LogP contribution in [0.15, 0.2) is 22.7 Å². The fraction of sp³-hybridized carbons (Fsp3) is 0.533. The van der Waals surface area contributed by atoms with E-state index in [1.165, 1.54) is 0 Å². The molecule has 1 saturated heterocycles. The largest absolute Gasteiger partial charge is 0.377 e. The molecule has 1 atom stereocenters. The second-order valence-corrected chi connectivity index (χ2v) is 5.97. The highest BCUT2D eigenvalue weighted by Crippen LogP contribution is 2.28. The van der Waals surface area contributed by atoms with Crippen molar-refractivity contribution in [2.45, 2.75) is 25.9 Å². The number of benzene rings is 1. The lowest BCUT2D eigenvalue weighted by atomic mass is 10.1.